The molecule has 70 valence electrons. The second-order valence-electron chi connectivity index (χ2n) is 3.59. The van der Waals surface area contributed by atoms with Gasteiger partial charge in [0.15, 0.2) is 0 Å². The zero-order chi connectivity index (χ0) is 9.78. The largest absolute Gasteiger partial charge is 0.451 e. The molecule has 0 amide bonds. The third-order valence-electron chi connectivity index (χ3n) is 1.03. The first kappa shape index (κ1) is 11.6. The molecule has 0 aromatic rings. The average molecular weight is 188 g/mol. The molecule has 0 spiro atoms. The van der Waals surface area contributed by atoms with Gasteiger partial charge in [0, 0.05) is 10.3 Å². The van der Waals surface area contributed by atoms with Crippen LogP contribution >= 0.6 is 11.8 Å². The summed E-state index contributed by atoms with van der Waals surface area (Å²) in [5.41, 5.74) is 0.449. The van der Waals surface area contributed by atoms with Gasteiger partial charge in [0.05, 0.1) is 0 Å². The first-order chi connectivity index (χ1) is 5.33. The van der Waals surface area contributed by atoms with Crippen LogP contribution in [0.2, 0.25) is 0 Å². The summed E-state index contributed by atoms with van der Waals surface area (Å²) in [5, 5.41) is 0. The van der Waals surface area contributed by atoms with Crippen molar-refractivity contribution in [1.82, 2.24) is 0 Å². The fourth-order valence-corrected chi connectivity index (χ4v) is 0.902. The lowest BCUT2D eigenvalue weighted by Crippen LogP contribution is -2.12. The van der Waals surface area contributed by atoms with Crippen molar-refractivity contribution in [1.29, 1.82) is 0 Å². The monoisotopic (exact) mass is 188 g/mol. The van der Waals surface area contributed by atoms with Crippen LogP contribution in [0.4, 0.5) is 0 Å². The Balaban J connectivity index is 3.58. The van der Waals surface area contributed by atoms with E-state index in [2.05, 4.69) is 27.4 Å². The van der Waals surface area contributed by atoms with Gasteiger partial charge < -0.3 is 4.74 Å². The maximum atomic E-state index is 10.9. The molecule has 0 bridgehead atoms. The lowest BCUT2D eigenvalue weighted by Gasteiger charge is -2.16. The molecule has 0 radical (unpaired) electrons. The number of carbonyl (C=O) groups is 1. The fourth-order valence-electron chi connectivity index (χ4n) is 0.383. The normalized spacial score (nSPS) is 11.0. The highest BCUT2D eigenvalue weighted by Gasteiger charge is 2.11. The van der Waals surface area contributed by atoms with Gasteiger partial charge in [-0.2, -0.15) is 0 Å². The molecule has 12 heavy (non-hydrogen) atoms. The maximum absolute atomic E-state index is 10.9. The zero-order valence-electron chi connectivity index (χ0n) is 8.14. The first-order valence-corrected chi connectivity index (χ1v) is 4.78. The fraction of sp³-hybridized carbons (Fsp3) is 0.667. The van der Waals surface area contributed by atoms with Crippen molar-refractivity contribution in [3.8, 4) is 0 Å². The van der Waals surface area contributed by atoms with Crippen molar-refractivity contribution in [2.75, 3.05) is 5.94 Å². The minimum absolute atomic E-state index is 0.134. The zero-order valence-corrected chi connectivity index (χ0v) is 8.96. The summed E-state index contributed by atoms with van der Waals surface area (Å²) in [4.78, 5) is 10.9. The van der Waals surface area contributed by atoms with E-state index in [1.807, 2.05) is 0 Å². The van der Waals surface area contributed by atoms with Crippen LogP contribution in [0.25, 0.3) is 0 Å². The molecule has 0 unspecified atom stereocenters. The Morgan fingerprint density at radius 2 is 2.00 bits per heavy atom. The summed E-state index contributed by atoms with van der Waals surface area (Å²) < 4.78 is 5.04. The van der Waals surface area contributed by atoms with Gasteiger partial charge in [-0.1, -0.05) is 27.4 Å². The predicted octanol–water partition coefficient (Wildman–Crippen LogP) is 2.59. The minimum Gasteiger partial charge on any atom is -0.451 e. The van der Waals surface area contributed by atoms with Crippen LogP contribution in [0, 0.1) is 0 Å². The maximum Gasteiger partial charge on any atom is 0.333 e. The molecule has 0 aromatic carbocycles. The van der Waals surface area contributed by atoms with E-state index in [0.29, 0.717) is 11.5 Å². The second-order valence-corrected chi connectivity index (χ2v) is 5.34. The molecule has 0 saturated carbocycles. The summed E-state index contributed by atoms with van der Waals surface area (Å²) in [6.45, 7) is 11.4. The predicted molar refractivity (Wildman–Crippen MR) is 53.1 cm³/mol. The SMILES string of the molecule is C=C(C)C(=O)OCSC(C)(C)C. The molecule has 0 saturated heterocycles. The number of esters is 1. The van der Waals surface area contributed by atoms with E-state index >= 15 is 0 Å². The highest BCUT2D eigenvalue weighted by Crippen LogP contribution is 2.22. The Kier molecular flexibility index (Phi) is 4.39. The van der Waals surface area contributed by atoms with E-state index in [4.69, 9.17) is 4.74 Å². The highest BCUT2D eigenvalue weighted by atomic mass is 32.2. The third-order valence-corrected chi connectivity index (χ3v) is 2.13. The Bertz CT molecular complexity index is 179. The molecule has 0 heterocycles. The van der Waals surface area contributed by atoms with Crippen molar-refractivity contribution in [3.05, 3.63) is 12.2 Å². The number of ether oxygens (including phenoxy) is 1. The van der Waals surface area contributed by atoms with E-state index in [0.717, 1.165) is 0 Å². The third kappa shape index (κ3) is 6.28. The Morgan fingerprint density at radius 3 is 2.33 bits per heavy atom. The summed E-state index contributed by atoms with van der Waals surface area (Å²) >= 11 is 1.60. The standard InChI is InChI=1S/C9H16O2S/c1-7(2)8(10)11-6-12-9(3,4)5/h1,6H2,2-5H3. The van der Waals surface area contributed by atoms with Gasteiger partial charge in [-0.15, -0.1) is 11.8 Å². The van der Waals surface area contributed by atoms with E-state index < -0.39 is 0 Å². The van der Waals surface area contributed by atoms with Crippen molar-refractivity contribution in [2.45, 2.75) is 32.4 Å². The van der Waals surface area contributed by atoms with Crippen LogP contribution in [-0.4, -0.2) is 16.7 Å². The van der Waals surface area contributed by atoms with Gasteiger partial charge in [0.1, 0.15) is 5.94 Å². The number of hydrogen-bond donors (Lipinski definition) is 0. The average Bonchev–Trinajstić information content (AvgIpc) is 1.84. The van der Waals surface area contributed by atoms with Crippen LogP contribution in [-0.2, 0) is 9.53 Å². The first-order valence-electron chi connectivity index (χ1n) is 3.79. The van der Waals surface area contributed by atoms with Gasteiger partial charge >= 0.3 is 5.97 Å². The summed E-state index contributed by atoms with van der Waals surface area (Å²) in [7, 11) is 0. The van der Waals surface area contributed by atoms with Crippen LogP contribution in [0.1, 0.15) is 27.7 Å². The van der Waals surface area contributed by atoms with E-state index in [1.165, 1.54) is 0 Å². The van der Waals surface area contributed by atoms with Crippen molar-refractivity contribution >= 4 is 17.7 Å². The smallest absolute Gasteiger partial charge is 0.333 e. The molecule has 0 aliphatic carbocycles. The van der Waals surface area contributed by atoms with Gasteiger partial charge in [-0.05, 0) is 6.92 Å². The Labute approximate surface area is 78.4 Å². The second kappa shape index (κ2) is 4.55. The topological polar surface area (TPSA) is 26.3 Å². The molecule has 3 heteroatoms. The van der Waals surface area contributed by atoms with Crippen LogP contribution in [0.15, 0.2) is 12.2 Å². The van der Waals surface area contributed by atoms with E-state index in [9.17, 15) is 4.79 Å². The molecule has 0 aliphatic heterocycles. The van der Waals surface area contributed by atoms with Crippen molar-refractivity contribution < 1.29 is 9.53 Å². The lowest BCUT2D eigenvalue weighted by atomic mass is 10.3. The molecule has 0 N–H and O–H groups in total. The summed E-state index contributed by atoms with van der Waals surface area (Å²) in [6, 6.07) is 0. The molecule has 2 nitrogen and oxygen atoms in total. The highest BCUT2D eigenvalue weighted by molar-refractivity contribution is 8.00. The summed E-state index contributed by atoms with van der Waals surface area (Å²) in [5.74, 6) is 0.0848. The van der Waals surface area contributed by atoms with E-state index in [-0.39, 0.29) is 10.7 Å². The Hall–Kier alpha value is -0.440. The van der Waals surface area contributed by atoms with E-state index in [1.54, 1.807) is 18.7 Å². The number of thioether (sulfide) groups is 1. The number of hydrogen-bond acceptors (Lipinski definition) is 3. The molecule has 0 rings (SSSR count). The van der Waals surface area contributed by atoms with Gasteiger partial charge in [-0.3, -0.25) is 0 Å². The van der Waals surface area contributed by atoms with Crippen molar-refractivity contribution in [3.63, 3.8) is 0 Å². The van der Waals surface area contributed by atoms with Gasteiger partial charge in [0.25, 0.3) is 0 Å². The molecule has 0 aromatic heterocycles. The van der Waals surface area contributed by atoms with Gasteiger partial charge in [0.2, 0.25) is 0 Å². The minimum atomic E-state index is -0.313. The molecule has 0 atom stereocenters. The van der Waals surface area contributed by atoms with Crippen LogP contribution in [0.5, 0.6) is 0 Å². The molecular weight excluding hydrogens is 172 g/mol. The molecule has 0 aliphatic rings. The Morgan fingerprint density at radius 1 is 1.50 bits per heavy atom. The number of carbonyl (C=O) groups excluding carboxylic acids is 1. The molecule has 0 fully saturated rings. The van der Waals surface area contributed by atoms with Crippen molar-refractivity contribution in [2.24, 2.45) is 0 Å². The number of rotatable bonds is 3. The molecular formula is C9H16O2S. The summed E-state index contributed by atoms with van der Waals surface area (Å²) in [6.07, 6.45) is 0. The van der Waals surface area contributed by atoms with Crippen LogP contribution < -0.4 is 0 Å². The lowest BCUT2D eigenvalue weighted by molar-refractivity contribution is -0.136. The quantitative estimate of drug-likeness (QED) is 0.387. The van der Waals surface area contributed by atoms with Crippen LogP contribution in [0.3, 0.4) is 0 Å². The van der Waals surface area contributed by atoms with Gasteiger partial charge in [-0.25, -0.2) is 4.79 Å².